The molecular formula is C7H6N4O2. The van der Waals surface area contributed by atoms with E-state index in [-0.39, 0.29) is 17.4 Å². The highest BCUT2D eigenvalue weighted by molar-refractivity contribution is 5.68. The molecule has 1 aromatic heterocycles. The van der Waals surface area contributed by atoms with Crippen LogP contribution in [-0.2, 0) is 4.79 Å². The molecule has 0 bridgehead atoms. The molecule has 1 rings (SSSR count). The summed E-state index contributed by atoms with van der Waals surface area (Å²) in [4.78, 5) is 17.8. The number of nitrogens with zero attached hydrogens (tertiary/aromatic N) is 3. The van der Waals surface area contributed by atoms with Crippen LogP contribution in [0.1, 0.15) is 12.6 Å². The first-order valence-electron chi connectivity index (χ1n) is 3.34. The molecule has 0 saturated carbocycles. The number of aromatic nitrogens is 2. The molecule has 1 aromatic rings. The lowest BCUT2D eigenvalue weighted by Crippen LogP contribution is -2.06. The van der Waals surface area contributed by atoms with Crippen LogP contribution in [0.4, 0.5) is 5.82 Å². The second-order valence-corrected chi connectivity index (χ2v) is 2.15. The summed E-state index contributed by atoms with van der Waals surface area (Å²) in [5.74, 6) is -0.542. The Bertz CT molecular complexity index is 383. The second kappa shape index (κ2) is 3.49. The van der Waals surface area contributed by atoms with Crippen molar-refractivity contribution in [2.24, 2.45) is 0 Å². The van der Waals surface area contributed by atoms with E-state index in [9.17, 15) is 4.79 Å². The number of hydrogen-bond acceptors (Lipinski definition) is 6. The Morgan fingerprint density at radius 3 is 3.00 bits per heavy atom. The number of anilines is 1. The maximum atomic E-state index is 10.5. The normalized spacial score (nSPS) is 8.92. The third kappa shape index (κ3) is 2.13. The lowest BCUT2D eigenvalue weighted by molar-refractivity contribution is -0.132. The van der Waals surface area contributed by atoms with Crippen molar-refractivity contribution in [1.82, 2.24) is 9.97 Å². The highest BCUT2D eigenvalue weighted by Gasteiger charge is 2.05. The number of nitrogen functional groups attached to an aromatic ring is 1. The van der Waals surface area contributed by atoms with Gasteiger partial charge in [0.15, 0.2) is 11.5 Å². The van der Waals surface area contributed by atoms with Crippen LogP contribution in [0, 0.1) is 11.3 Å². The Morgan fingerprint density at radius 1 is 1.77 bits per heavy atom. The quantitative estimate of drug-likeness (QED) is 0.600. The summed E-state index contributed by atoms with van der Waals surface area (Å²) in [6, 6.07) is 1.72. The first-order valence-corrected chi connectivity index (χ1v) is 3.34. The largest absolute Gasteiger partial charge is 0.406 e. The Morgan fingerprint density at radius 2 is 2.46 bits per heavy atom. The van der Waals surface area contributed by atoms with Gasteiger partial charge in [0.1, 0.15) is 6.07 Å². The van der Waals surface area contributed by atoms with Gasteiger partial charge in [-0.15, -0.1) is 0 Å². The van der Waals surface area contributed by atoms with Gasteiger partial charge in [-0.05, 0) is 0 Å². The molecule has 66 valence electrons. The SMILES string of the molecule is CC(=O)Oc1cnc(N)c(C#N)n1. The molecule has 0 unspecified atom stereocenters. The highest BCUT2D eigenvalue weighted by Crippen LogP contribution is 2.09. The number of esters is 1. The first-order chi connectivity index (χ1) is 6.13. The van der Waals surface area contributed by atoms with Crippen molar-refractivity contribution in [3.8, 4) is 11.9 Å². The van der Waals surface area contributed by atoms with Crippen LogP contribution in [0.2, 0.25) is 0 Å². The van der Waals surface area contributed by atoms with Crippen molar-refractivity contribution < 1.29 is 9.53 Å². The number of rotatable bonds is 1. The first kappa shape index (κ1) is 8.93. The molecule has 1 heterocycles. The zero-order valence-electron chi connectivity index (χ0n) is 6.81. The van der Waals surface area contributed by atoms with Crippen LogP contribution in [0.3, 0.4) is 0 Å². The third-order valence-corrected chi connectivity index (χ3v) is 1.13. The van der Waals surface area contributed by atoms with Gasteiger partial charge in [-0.25, -0.2) is 4.98 Å². The predicted octanol–water partition coefficient (Wildman–Crippen LogP) is -0.144. The van der Waals surface area contributed by atoms with Gasteiger partial charge in [-0.3, -0.25) is 4.79 Å². The number of ether oxygens (including phenoxy) is 1. The summed E-state index contributed by atoms with van der Waals surface area (Å²) in [6.07, 6.45) is 1.18. The summed E-state index contributed by atoms with van der Waals surface area (Å²) in [6.45, 7) is 1.23. The average Bonchev–Trinajstić information content (AvgIpc) is 2.07. The van der Waals surface area contributed by atoms with E-state index in [1.807, 2.05) is 0 Å². The molecule has 6 nitrogen and oxygen atoms in total. The number of nitrogens with two attached hydrogens (primary N) is 1. The lowest BCUT2D eigenvalue weighted by Gasteiger charge is -2.00. The molecule has 0 atom stereocenters. The maximum absolute atomic E-state index is 10.5. The number of nitriles is 1. The maximum Gasteiger partial charge on any atom is 0.309 e. The van der Waals surface area contributed by atoms with Crippen molar-refractivity contribution in [2.45, 2.75) is 6.92 Å². The molecule has 13 heavy (non-hydrogen) atoms. The van der Waals surface area contributed by atoms with E-state index < -0.39 is 5.97 Å². The molecule has 0 saturated heterocycles. The Labute approximate surface area is 74.0 Å². The van der Waals surface area contributed by atoms with Gasteiger partial charge in [0.05, 0.1) is 6.20 Å². The fraction of sp³-hybridized carbons (Fsp3) is 0.143. The fourth-order valence-corrected chi connectivity index (χ4v) is 0.661. The third-order valence-electron chi connectivity index (χ3n) is 1.13. The topological polar surface area (TPSA) is 102 Å². The van der Waals surface area contributed by atoms with Crippen molar-refractivity contribution in [2.75, 3.05) is 5.73 Å². The summed E-state index contributed by atoms with van der Waals surface area (Å²) >= 11 is 0. The Kier molecular flexibility index (Phi) is 2.40. The van der Waals surface area contributed by atoms with Gasteiger partial charge in [0.25, 0.3) is 0 Å². The van der Waals surface area contributed by atoms with E-state index >= 15 is 0 Å². The monoisotopic (exact) mass is 178 g/mol. The smallest absolute Gasteiger partial charge is 0.309 e. The van der Waals surface area contributed by atoms with Crippen LogP contribution in [0.25, 0.3) is 0 Å². The van der Waals surface area contributed by atoms with E-state index in [2.05, 4.69) is 14.7 Å². The molecule has 0 fully saturated rings. The standard InChI is InChI=1S/C7H6N4O2/c1-4(12)13-6-3-10-7(9)5(2-8)11-6/h3H,1H3,(H2,9,10). The van der Waals surface area contributed by atoms with Crippen molar-refractivity contribution in [3.05, 3.63) is 11.9 Å². The van der Waals surface area contributed by atoms with Crippen LogP contribution >= 0.6 is 0 Å². The number of carbonyl (C=O) groups is 1. The molecule has 0 aromatic carbocycles. The van der Waals surface area contributed by atoms with E-state index in [0.717, 1.165) is 0 Å². The molecule has 0 amide bonds. The van der Waals surface area contributed by atoms with E-state index in [1.54, 1.807) is 6.07 Å². The van der Waals surface area contributed by atoms with Gasteiger partial charge in [-0.1, -0.05) is 0 Å². The summed E-state index contributed by atoms with van der Waals surface area (Å²) < 4.78 is 4.59. The zero-order valence-corrected chi connectivity index (χ0v) is 6.81. The van der Waals surface area contributed by atoms with E-state index in [4.69, 9.17) is 11.0 Å². The van der Waals surface area contributed by atoms with E-state index in [0.29, 0.717) is 0 Å². The molecule has 6 heteroatoms. The number of hydrogen-bond donors (Lipinski definition) is 1. The minimum absolute atomic E-state index is 0.0124. The van der Waals surface area contributed by atoms with Gasteiger partial charge >= 0.3 is 5.97 Å². The molecule has 0 spiro atoms. The molecule has 0 aliphatic rings. The molecular weight excluding hydrogens is 172 g/mol. The molecule has 2 N–H and O–H groups in total. The minimum atomic E-state index is -0.525. The van der Waals surface area contributed by atoms with Gasteiger partial charge in [0, 0.05) is 6.92 Å². The summed E-state index contributed by atoms with van der Waals surface area (Å²) in [7, 11) is 0. The van der Waals surface area contributed by atoms with E-state index in [1.165, 1.54) is 13.1 Å². The lowest BCUT2D eigenvalue weighted by atomic mass is 10.4. The van der Waals surface area contributed by atoms with Crippen molar-refractivity contribution >= 4 is 11.8 Å². The Balaban J connectivity index is 3.01. The molecule has 0 aliphatic carbocycles. The number of carbonyl (C=O) groups excluding carboxylic acids is 1. The Hall–Kier alpha value is -2.16. The van der Waals surface area contributed by atoms with Crippen LogP contribution in [-0.4, -0.2) is 15.9 Å². The van der Waals surface area contributed by atoms with Gasteiger partial charge < -0.3 is 10.5 Å². The zero-order chi connectivity index (χ0) is 9.84. The predicted molar refractivity (Wildman–Crippen MR) is 42.5 cm³/mol. The second-order valence-electron chi connectivity index (χ2n) is 2.15. The molecule has 0 aliphatic heterocycles. The van der Waals surface area contributed by atoms with Crippen molar-refractivity contribution in [1.29, 1.82) is 5.26 Å². The summed E-state index contributed by atoms with van der Waals surface area (Å²) in [5.41, 5.74) is 5.24. The highest BCUT2D eigenvalue weighted by atomic mass is 16.5. The average molecular weight is 178 g/mol. The summed E-state index contributed by atoms with van der Waals surface area (Å²) in [5, 5.41) is 8.50. The van der Waals surface area contributed by atoms with Gasteiger partial charge in [0.2, 0.25) is 5.88 Å². The minimum Gasteiger partial charge on any atom is -0.406 e. The van der Waals surface area contributed by atoms with Crippen LogP contribution in [0.5, 0.6) is 5.88 Å². The molecule has 0 radical (unpaired) electrons. The van der Waals surface area contributed by atoms with Gasteiger partial charge in [-0.2, -0.15) is 10.2 Å². The fourth-order valence-electron chi connectivity index (χ4n) is 0.661. The van der Waals surface area contributed by atoms with Crippen LogP contribution in [0.15, 0.2) is 6.20 Å². The van der Waals surface area contributed by atoms with Crippen LogP contribution < -0.4 is 10.5 Å². The van der Waals surface area contributed by atoms with Crippen molar-refractivity contribution in [3.63, 3.8) is 0 Å².